The molecule has 1 saturated heterocycles. The zero-order valence-corrected chi connectivity index (χ0v) is 19.4. The maximum atomic E-state index is 13.6. The van der Waals surface area contributed by atoms with Crippen LogP contribution in [0.15, 0.2) is 78.9 Å². The molecule has 0 aliphatic carbocycles. The molecule has 0 saturated carbocycles. The van der Waals surface area contributed by atoms with Gasteiger partial charge in [-0.3, -0.25) is 14.5 Å². The van der Waals surface area contributed by atoms with Gasteiger partial charge in [0.1, 0.15) is 5.75 Å². The summed E-state index contributed by atoms with van der Waals surface area (Å²) in [6.45, 7) is 4.76. The second kappa shape index (κ2) is 10.9. The van der Waals surface area contributed by atoms with Crippen molar-refractivity contribution in [1.82, 2.24) is 4.90 Å². The Labute approximate surface area is 200 Å². The van der Waals surface area contributed by atoms with E-state index in [0.717, 1.165) is 26.2 Å². The highest BCUT2D eigenvalue weighted by molar-refractivity contribution is 6.10. The summed E-state index contributed by atoms with van der Waals surface area (Å²) in [6, 6.07) is 24.4. The lowest BCUT2D eigenvalue weighted by Gasteiger charge is -2.37. The normalized spacial score (nSPS) is 14.0. The highest BCUT2D eigenvalue weighted by Gasteiger charge is 2.24. The van der Waals surface area contributed by atoms with Crippen molar-refractivity contribution in [2.24, 2.45) is 5.73 Å². The van der Waals surface area contributed by atoms with Gasteiger partial charge in [-0.15, -0.1) is 0 Å². The molecule has 34 heavy (non-hydrogen) atoms. The van der Waals surface area contributed by atoms with Crippen LogP contribution in [0.1, 0.15) is 20.7 Å². The maximum Gasteiger partial charge on any atom is 0.258 e. The van der Waals surface area contributed by atoms with Gasteiger partial charge >= 0.3 is 0 Å². The first-order chi connectivity index (χ1) is 16.6. The van der Waals surface area contributed by atoms with Gasteiger partial charge < -0.3 is 20.3 Å². The van der Waals surface area contributed by atoms with E-state index in [9.17, 15) is 9.59 Å². The lowest BCUT2D eigenvalue weighted by Crippen LogP contribution is -2.49. The van der Waals surface area contributed by atoms with Crippen LogP contribution in [0.5, 0.6) is 5.75 Å². The SMILES string of the molecule is COc1cccc(C(=O)N(CCN2CCN(c3ccccc3)CC2)c2ccccc2C(N)=O)c1. The van der Waals surface area contributed by atoms with E-state index in [2.05, 4.69) is 34.1 Å². The molecule has 3 aromatic rings. The first kappa shape index (κ1) is 23.3. The number of nitrogens with zero attached hydrogens (tertiary/aromatic N) is 3. The van der Waals surface area contributed by atoms with Gasteiger partial charge in [0.25, 0.3) is 11.8 Å². The largest absolute Gasteiger partial charge is 0.497 e. The number of carbonyl (C=O) groups is 2. The molecule has 1 heterocycles. The predicted octanol–water partition coefficient (Wildman–Crippen LogP) is 3.26. The van der Waals surface area contributed by atoms with Crippen LogP contribution in [0.4, 0.5) is 11.4 Å². The number of rotatable bonds is 8. The topological polar surface area (TPSA) is 79.1 Å². The number of anilines is 2. The molecule has 7 nitrogen and oxygen atoms in total. The quantitative estimate of drug-likeness (QED) is 0.561. The van der Waals surface area contributed by atoms with Crippen LogP contribution in [0, 0.1) is 0 Å². The summed E-state index contributed by atoms with van der Waals surface area (Å²) in [6.07, 6.45) is 0. The van der Waals surface area contributed by atoms with Crippen molar-refractivity contribution in [3.8, 4) is 5.75 Å². The molecule has 7 heteroatoms. The van der Waals surface area contributed by atoms with E-state index in [4.69, 9.17) is 10.5 Å². The molecule has 1 aliphatic rings. The second-order valence-electron chi connectivity index (χ2n) is 8.23. The summed E-state index contributed by atoms with van der Waals surface area (Å²) in [7, 11) is 1.57. The van der Waals surface area contributed by atoms with Crippen LogP contribution in [0.2, 0.25) is 0 Å². The van der Waals surface area contributed by atoms with E-state index in [1.807, 2.05) is 12.1 Å². The Morgan fingerprint density at radius 1 is 0.912 bits per heavy atom. The standard InChI is InChI=1S/C27H30N4O3/c1-34-23-11-7-8-21(20-23)27(33)31(25-13-6-5-12-24(25)26(28)32)19-16-29-14-17-30(18-15-29)22-9-3-2-4-10-22/h2-13,20H,14-19H2,1H3,(H2,28,32). The number of carbonyl (C=O) groups excluding carboxylic acids is 2. The lowest BCUT2D eigenvalue weighted by atomic mass is 10.1. The molecule has 3 aromatic carbocycles. The van der Waals surface area contributed by atoms with Crippen molar-refractivity contribution in [2.45, 2.75) is 0 Å². The van der Waals surface area contributed by atoms with Crippen molar-refractivity contribution >= 4 is 23.2 Å². The number of methoxy groups -OCH3 is 1. The number of benzene rings is 3. The number of nitrogens with two attached hydrogens (primary N) is 1. The number of amides is 2. The number of hydrogen-bond donors (Lipinski definition) is 1. The van der Waals surface area contributed by atoms with Crippen LogP contribution < -0.4 is 20.3 Å². The van der Waals surface area contributed by atoms with Crippen LogP contribution in [0.25, 0.3) is 0 Å². The monoisotopic (exact) mass is 458 g/mol. The summed E-state index contributed by atoms with van der Waals surface area (Å²) >= 11 is 0. The second-order valence-corrected chi connectivity index (χ2v) is 8.23. The van der Waals surface area contributed by atoms with Crippen molar-refractivity contribution in [1.29, 1.82) is 0 Å². The number of hydrogen-bond acceptors (Lipinski definition) is 5. The molecule has 2 amide bonds. The number of primary amides is 1. The molecule has 2 N–H and O–H groups in total. The average Bonchev–Trinajstić information content (AvgIpc) is 2.89. The molecule has 0 atom stereocenters. The van der Waals surface area contributed by atoms with Crippen LogP contribution >= 0.6 is 0 Å². The zero-order chi connectivity index (χ0) is 23.9. The fourth-order valence-corrected chi connectivity index (χ4v) is 4.27. The van der Waals surface area contributed by atoms with E-state index >= 15 is 0 Å². The fourth-order valence-electron chi connectivity index (χ4n) is 4.27. The zero-order valence-electron chi connectivity index (χ0n) is 19.4. The third-order valence-electron chi connectivity index (χ3n) is 6.16. The van der Waals surface area contributed by atoms with Crippen molar-refractivity contribution < 1.29 is 14.3 Å². The Kier molecular flexibility index (Phi) is 7.44. The minimum Gasteiger partial charge on any atom is -0.497 e. The number of ether oxygens (including phenoxy) is 1. The summed E-state index contributed by atoms with van der Waals surface area (Å²) < 4.78 is 5.30. The Hall–Kier alpha value is -3.84. The predicted molar refractivity (Wildman–Crippen MR) is 135 cm³/mol. The Bertz CT molecular complexity index is 1130. The van der Waals surface area contributed by atoms with Gasteiger partial charge in [-0.05, 0) is 42.5 Å². The lowest BCUT2D eigenvalue weighted by molar-refractivity contribution is 0.0982. The van der Waals surface area contributed by atoms with Crippen molar-refractivity contribution in [3.63, 3.8) is 0 Å². The maximum absolute atomic E-state index is 13.6. The first-order valence-electron chi connectivity index (χ1n) is 11.4. The third kappa shape index (κ3) is 5.38. The third-order valence-corrected chi connectivity index (χ3v) is 6.16. The van der Waals surface area contributed by atoms with Crippen LogP contribution in [0.3, 0.4) is 0 Å². The van der Waals surface area contributed by atoms with Gasteiger partial charge in [0.05, 0.1) is 18.4 Å². The molecule has 4 rings (SSSR count). The van der Waals surface area contributed by atoms with Gasteiger partial charge in [-0.1, -0.05) is 36.4 Å². The molecule has 1 fully saturated rings. The van der Waals surface area contributed by atoms with E-state index in [1.165, 1.54) is 5.69 Å². The molecular weight excluding hydrogens is 428 g/mol. The van der Waals surface area contributed by atoms with Gasteiger partial charge in [0.15, 0.2) is 0 Å². The Morgan fingerprint density at radius 2 is 1.62 bits per heavy atom. The van der Waals surface area contributed by atoms with Gasteiger partial charge in [-0.2, -0.15) is 0 Å². The molecule has 1 aliphatic heterocycles. The van der Waals surface area contributed by atoms with E-state index in [1.54, 1.807) is 54.5 Å². The Balaban J connectivity index is 1.51. The summed E-state index contributed by atoms with van der Waals surface area (Å²) in [5.74, 6) is -0.156. The highest BCUT2D eigenvalue weighted by Crippen LogP contribution is 2.24. The van der Waals surface area contributed by atoms with Gasteiger partial charge in [-0.25, -0.2) is 0 Å². The molecule has 0 radical (unpaired) electrons. The smallest absolute Gasteiger partial charge is 0.258 e. The number of piperazine rings is 1. The first-order valence-corrected chi connectivity index (χ1v) is 11.4. The molecule has 0 unspecified atom stereocenters. The Morgan fingerprint density at radius 3 is 2.32 bits per heavy atom. The fraction of sp³-hybridized carbons (Fsp3) is 0.259. The van der Waals surface area contributed by atoms with E-state index in [0.29, 0.717) is 35.7 Å². The molecule has 176 valence electrons. The summed E-state index contributed by atoms with van der Waals surface area (Å²) in [5.41, 5.74) is 8.20. The molecular formula is C27H30N4O3. The van der Waals surface area contributed by atoms with Crippen molar-refractivity contribution in [3.05, 3.63) is 90.0 Å². The minimum atomic E-state index is -0.560. The number of para-hydroxylation sites is 2. The summed E-state index contributed by atoms with van der Waals surface area (Å²) in [5, 5.41) is 0. The molecule has 0 bridgehead atoms. The molecule has 0 spiro atoms. The van der Waals surface area contributed by atoms with E-state index in [-0.39, 0.29) is 5.91 Å². The van der Waals surface area contributed by atoms with Crippen molar-refractivity contribution in [2.75, 3.05) is 56.2 Å². The minimum absolute atomic E-state index is 0.199. The highest BCUT2D eigenvalue weighted by atomic mass is 16.5. The van der Waals surface area contributed by atoms with Crippen LogP contribution in [-0.2, 0) is 0 Å². The van der Waals surface area contributed by atoms with E-state index < -0.39 is 5.91 Å². The van der Waals surface area contributed by atoms with Crippen LogP contribution in [-0.4, -0.2) is 63.1 Å². The average molecular weight is 459 g/mol. The summed E-state index contributed by atoms with van der Waals surface area (Å²) in [4.78, 5) is 32.1. The van der Waals surface area contributed by atoms with Gasteiger partial charge in [0, 0.05) is 50.5 Å². The van der Waals surface area contributed by atoms with Gasteiger partial charge in [0.2, 0.25) is 0 Å². The molecule has 0 aromatic heterocycles.